The molecule has 1 aromatic heterocycles. The molecule has 86 valence electrons. The quantitative estimate of drug-likeness (QED) is 0.821. The van der Waals surface area contributed by atoms with E-state index < -0.39 is 0 Å². The van der Waals surface area contributed by atoms with Crippen molar-refractivity contribution < 1.29 is 4.74 Å². The molecule has 0 atom stereocenters. The molecule has 0 aliphatic rings. The molecule has 0 fully saturated rings. The monoisotopic (exact) mass is 217 g/mol. The first-order valence-corrected chi connectivity index (χ1v) is 5.99. The van der Waals surface area contributed by atoms with Gasteiger partial charge in [0.25, 0.3) is 0 Å². The van der Waals surface area contributed by atoms with Crippen LogP contribution in [0, 0.1) is 6.92 Å². The Balaban J connectivity index is 2.25. The second-order valence-electron chi connectivity index (χ2n) is 4.28. The second-order valence-corrected chi connectivity index (χ2v) is 4.28. The highest BCUT2D eigenvalue weighted by molar-refractivity contribution is 5.81. The van der Waals surface area contributed by atoms with Crippen molar-refractivity contribution in [2.75, 3.05) is 0 Å². The lowest BCUT2D eigenvalue weighted by atomic mass is 10.2. The van der Waals surface area contributed by atoms with Crippen LogP contribution in [-0.4, -0.2) is 11.1 Å². The first-order chi connectivity index (χ1) is 7.72. The molecule has 16 heavy (non-hydrogen) atoms. The van der Waals surface area contributed by atoms with Gasteiger partial charge in [0.2, 0.25) is 0 Å². The smallest absolute Gasteiger partial charge is 0.192 e. The van der Waals surface area contributed by atoms with Crippen LogP contribution in [0.2, 0.25) is 0 Å². The summed E-state index contributed by atoms with van der Waals surface area (Å²) in [6.07, 6.45) is 2.41. The van der Waals surface area contributed by atoms with Crippen molar-refractivity contribution in [3.05, 3.63) is 29.8 Å². The van der Waals surface area contributed by atoms with E-state index in [-0.39, 0.29) is 0 Å². The fourth-order valence-electron chi connectivity index (χ4n) is 1.91. The second kappa shape index (κ2) is 4.60. The molecule has 1 aromatic carbocycles. The minimum Gasteiger partial charge on any atom is -0.476 e. The Morgan fingerprint density at radius 2 is 1.94 bits per heavy atom. The van der Waals surface area contributed by atoms with E-state index in [4.69, 9.17) is 4.74 Å². The standard InChI is InChI=1S/C14H19NO/c1-4-12(5-2)16-14-9-11-7-6-10(3)8-13(11)15-14/h6-9,12,15H,4-5H2,1-3H3. The van der Waals surface area contributed by atoms with E-state index in [0.717, 1.165) is 24.2 Å². The predicted octanol–water partition coefficient (Wildman–Crippen LogP) is 4.04. The number of benzene rings is 1. The van der Waals surface area contributed by atoms with Crippen LogP contribution in [0.4, 0.5) is 0 Å². The highest BCUT2D eigenvalue weighted by Crippen LogP contribution is 2.23. The molecule has 0 spiro atoms. The SMILES string of the molecule is CCC(CC)Oc1cc2ccc(C)cc2[nH]1. The lowest BCUT2D eigenvalue weighted by molar-refractivity contribution is 0.186. The zero-order valence-corrected chi connectivity index (χ0v) is 10.2. The maximum absolute atomic E-state index is 5.88. The molecule has 0 saturated heterocycles. The van der Waals surface area contributed by atoms with E-state index in [1.807, 2.05) is 0 Å². The average molecular weight is 217 g/mol. The van der Waals surface area contributed by atoms with Crippen molar-refractivity contribution in [2.45, 2.75) is 39.7 Å². The van der Waals surface area contributed by atoms with Gasteiger partial charge < -0.3 is 9.72 Å². The normalized spacial score (nSPS) is 11.2. The van der Waals surface area contributed by atoms with E-state index in [2.05, 4.69) is 50.0 Å². The van der Waals surface area contributed by atoms with E-state index >= 15 is 0 Å². The van der Waals surface area contributed by atoms with Gasteiger partial charge in [0.15, 0.2) is 5.88 Å². The Hall–Kier alpha value is -1.44. The molecule has 2 rings (SSSR count). The van der Waals surface area contributed by atoms with Gasteiger partial charge >= 0.3 is 0 Å². The maximum atomic E-state index is 5.88. The number of hydrogen-bond acceptors (Lipinski definition) is 1. The van der Waals surface area contributed by atoms with Gasteiger partial charge in [-0.05, 0) is 31.4 Å². The Morgan fingerprint density at radius 1 is 1.19 bits per heavy atom. The number of H-pyrrole nitrogens is 1. The summed E-state index contributed by atoms with van der Waals surface area (Å²) >= 11 is 0. The first kappa shape index (κ1) is 11.1. The summed E-state index contributed by atoms with van der Waals surface area (Å²) < 4.78 is 5.88. The third-order valence-corrected chi connectivity index (χ3v) is 2.96. The summed E-state index contributed by atoms with van der Waals surface area (Å²) in [6.45, 7) is 6.41. The zero-order chi connectivity index (χ0) is 11.5. The molecule has 2 nitrogen and oxygen atoms in total. The van der Waals surface area contributed by atoms with Crippen LogP contribution in [-0.2, 0) is 0 Å². The van der Waals surface area contributed by atoms with Gasteiger partial charge in [0.1, 0.15) is 0 Å². The number of fused-ring (bicyclic) bond motifs is 1. The van der Waals surface area contributed by atoms with Crippen molar-refractivity contribution in [1.29, 1.82) is 0 Å². The van der Waals surface area contributed by atoms with Gasteiger partial charge in [-0.3, -0.25) is 0 Å². The molecule has 0 amide bonds. The van der Waals surface area contributed by atoms with Crippen molar-refractivity contribution in [3.8, 4) is 5.88 Å². The van der Waals surface area contributed by atoms with Gasteiger partial charge in [-0.2, -0.15) is 0 Å². The minimum atomic E-state index is 0.314. The van der Waals surface area contributed by atoms with Crippen molar-refractivity contribution in [1.82, 2.24) is 4.98 Å². The molecule has 0 saturated carbocycles. The summed E-state index contributed by atoms with van der Waals surface area (Å²) in [4.78, 5) is 3.31. The van der Waals surface area contributed by atoms with Crippen LogP contribution < -0.4 is 4.74 Å². The summed E-state index contributed by atoms with van der Waals surface area (Å²) in [5.41, 5.74) is 2.42. The van der Waals surface area contributed by atoms with Crippen LogP contribution >= 0.6 is 0 Å². The van der Waals surface area contributed by atoms with Crippen LogP contribution in [0.1, 0.15) is 32.3 Å². The number of aromatic nitrogens is 1. The maximum Gasteiger partial charge on any atom is 0.192 e. The number of aryl methyl sites for hydroxylation is 1. The Kier molecular flexibility index (Phi) is 3.18. The largest absolute Gasteiger partial charge is 0.476 e. The molecule has 0 unspecified atom stereocenters. The lowest BCUT2D eigenvalue weighted by Crippen LogP contribution is -2.13. The number of rotatable bonds is 4. The van der Waals surface area contributed by atoms with E-state index in [9.17, 15) is 0 Å². The van der Waals surface area contributed by atoms with E-state index in [1.165, 1.54) is 10.9 Å². The first-order valence-electron chi connectivity index (χ1n) is 5.99. The minimum absolute atomic E-state index is 0.314. The molecule has 1 N–H and O–H groups in total. The van der Waals surface area contributed by atoms with Gasteiger partial charge in [-0.1, -0.05) is 26.0 Å². The Bertz CT molecular complexity index is 469. The van der Waals surface area contributed by atoms with Crippen molar-refractivity contribution >= 4 is 10.9 Å². The average Bonchev–Trinajstić information content (AvgIpc) is 2.67. The fourth-order valence-corrected chi connectivity index (χ4v) is 1.91. The highest BCUT2D eigenvalue weighted by atomic mass is 16.5. The topological polar surface area (TPSA) is 25.0 Å². The number of hydrogen-bond donors (Lipinski definition) is 1. The fraction of sp³-hybridized carbons (Fsp3) is 0.429. The summed E-state index contributed by atoms with van der Waals surface area (Å²) in [5, 5.41) is 1.21. The predicted molar refractivity (Wildman–Crippen MR) is 68.0 cm³/mol. The number of ether oxygens (including phenoxy) is 1. The Labute approximate surface area is 96.6 Å². The Morgan fingerprint density at radius 3 is 2.62 bits per heavy atom. The van der Waals surface area contributed by atoms with Crippen molar-refractivity contribution in [3.63, 3.8) is 0 Å². The molecular weight excluding hydrogens is 198 g/mol. The zero-order valence-electron chi connectivity index (χ0n) is 10.2. The molecule has 1 heterocycles. The molecule has 2 aromatic rings. The van der Waals surface area contributed by atoms with E-state index in [0.29, 0.717) is 6.10 Å². The molecule has 0 radical (unpaired) electrons. The highest BCUT2D eigenvalue weighted by Gasteiger charge is 2.07. The third-order valence-electron chi connectivity index (χ3n) is 2.96. The number of aromatic amines is 1. The third kappa shape index (κ3) is 2.21. The van der Waals surface area contributed by atoms with Gasteiger partial charge in [-0.15, -0.1) is 0 Å². The van der Waals surface area contributed by atoms with Crippen LogP contribution in [0.5, 0.6) is 5.88 Å². The van der Waals surface area contributed by atoms with Gasteiger partial charge in [0.05, 0.1) is 6.10 Å². The van der Waals surface area contributed by atoms with Crippen LogP contribution in [0.25, 0.3) is 10.9 Å². The van der Waals surface area contributed by atoms with Gasteiger partial charge in [-0.25, -0.2) is 0 Å². The lowest BCUT2D eigenvalue weighted by Gasteiger charge is -2.13. The van der Waals surface area contributed by atoms with Crippen LogP contribution in [0.3, 0.4) is 0 Å². The van der Waals surface area contributed by atoms with Crippen LogP contribution in [0.15, 0.2) is 24.3 Å². The van der Waals surface area contributed by atoms with E-state index in [1.54, 1.807) is 0 Å². The number of nitrogens with one attached hydrogen (secondary N) is 1. The molecule has 0 aliphatic carbocycles. The summed E-state index contributed by atoms with van der Waals surface area (Å²) in [7, 11) is 0. The molecular formula is C14H19NO. The molecule has 2 heteroatoms. The van der Waals surface area contributed by atoms with Gasteiger partial charge in [0, 0.05) is 17.0 Å². The summed E-state index contributed by atoms with van der Waals surface area (Å²) in [6, 6.07) is 8.47. The summed E-state index contributed by atoms with van der Waals surface area (Å²) in [5.74, 6) is 0.884. The van der Waals surface area contributed by atoms with Crippen molar-refractivity contribution in [2.24, 2.45) is 0 Å². The molecule has 0 bridgehead atoms. The molecule has 0 aliphatic heterocycles.